The lowest BCUT2D eigenvalue weighted by Crippen LogP contribution is -2.53. The van der Waals surface area contributed by atoms with Gasteiger partial charge in [-0.25, -0.2) is 0 Å². The van der Waals surface area contributed by atoms with Crippen molar-refractivity contribution in [2.24, 2.45) is 34.5 Å². The first-order valence-electron chi connectivity index (χ1n) is 12.5. The molecule has 1 saturated heterocycles. The predicted molar refractivity (Wildman–Crippen MR) is 116 cm³/mol. The van der Waals surface area contributed by atoms with Crippen LogP contribution in [0.25, 0.3) is 0 Å². The lowest BCUT2D eigenvalue weighted by Gasteiger charge is -2.59. The first-order chi connectivity index (χ1) is 14.0. The average molecular weight is 398 g/mol. The number of ketones is 1. The zero-order valence-electron chi connectivity index (χ0n) is 18.8. The van der Waals surface area contributed by atoms with Crippen molar-refractivity contribution in [3.63, 3.8) is 0 Å². The van der Waals surface area contributed by atoms with Crippen molar-refractivity contribution >= 4 is 12.9 Å². The second-order valence-corrected chi connectivity index (χ2v) is 11.3. The number of allylic oxidation sites excluding steroid dienone is 1. The van der Waals surface area contributed by atoms with Gasteiger partial charge in [-0.15, -0.1) is 0 Å². The molecule has 0 N–H and O–H groups in total. The van der Waals surface area contributed by atoms with Crippen molar-refractivity contribution in [1.82, 2.24) is 0 Å². The Morgan fingerprint density at radius 1 is 1.07 bits per heavy atom. The summed E-state index contributed by atoms with van der Waals surface area (Å²) in [6, 6.07) is 0. The molecule has 1 heterocycles. The van der Waals surface area contributed by atoms with Crippen LogP contribution in [0.4, 0.5) is 0 Å². The highest BCUT2D eigenvalue weighted by molar-refractivity contribution is 6.45. The second kappa shape index (κ2) is 7.43. The molecule has 5 fully saturated rings. The van der Waals surface area contributed by atoms with E-state index in [2.05, 4.69) is 20.8 Å². The molecule has 4 saturated carbocycles. The van der Waals surface area contributed by atoms with Crippen LogP contribution < -0.4 is 0 Å². The maximum Gasteiger partial charge on any atom is 0.525 e. The van der Waals surface area contributed by atoms with E-state index in [1.165, 1.54) is 57.1 Å². The van der Waals surface area contributed by atoms with Crippen LogP contribution >= 0.6 is 0 Å². The van der Waals surface area contributed by atoms with Gasteiger partial charge >= 0.3 is 7.12 Å². The Hall–Kier alpha value is -0.765. The van der Waals surface area contributed by atoms with E-state index >= 15 is 0 Å². The molecule has 0 radical (unpaired) electrons. The first kappa shape index (κ1) is 20.2. The minimum atomic E-state index is -0.00874. The lowest BCUT2D eigenvalue weighted by molar-refractivity contribution is -0.136. The number of fused-ring (bicyclic) bond motifs is 5. The highest BCUT2D eigenvalue weighted by Gasteiger charge is 2.59. The summed E-state index contributed by atoms with van der Waals surface area (Å²) in [5, 5.41) is 0. The Bertz CT molecular complexity index is 702. The van der Waals surface area contributed by atoms with Crippen LogP contribution in [0.3, 0.4) is 0 Å². The van der Waals surface area contributed by atoms with Crippen molar-refractivity contribution in [2.45, 2.75) is 97.7 Å². The summed E-state index contributed by atoms with van der Waals surface area (Å²) in [4.78, 5) is 12.1. The number of carbonyl (C=O) groups excluding carboxylic acids is 1. The molecule has 0 amide bonds. The molecule has 29 heavy (non-hydrogen) atoms. The Balaban J connectivity index is 1.36. The van der Waals surface area contributed by atoms with Crippen molar-refractivity contribution in [1.29, 1.82) is 0 Å². The smallest absolute Gasteiger partial charge is 0.525 e. The summed E-state index contributed by atoms with van der Waals surface area (Å²) in [6.07, 6.45) is 14.1. The molecule has 0 spiro atoms. The molecule has 0 aromatic heterocycles. The van der Waals surface area contributed by atoms with E-state index < -0.39 is 0 Å². The van der Waals surface area contributed by atoms with Crippen LogP contribution in [-0.2, 0) is 14.1 Å². The second-order valence-electron chi connectivity index (χ2n) is 11.3. The number of Topliss-reactive ketones (excluding diaryl/α,β-unsaturated/α-hetero) is 1. The molecule has 5 aliphatic rings. The largest absolute Gasteiger partial charge is 0.537 e. The Morgan fingerprint density at radius 3 is 2.76 bits per heavy atom. The van der Waals surface area contributed by atoms with E-state index in [1.54, 1.807) is 5.57 Å². The summed E-state index contributed by atoms with van der Waals surface area (Å²) >= 11 is 0. The molecule has 160 valence electrons. The molecule has 0 bridgehead atoms. The lowest BCUT2D eigenvalue weighted by atomic mass is 9.45. The van der Waals surface area contributed by atoms with Crippen LogP contribution in [0.2, 0.25) is 6.32 Å². The average Bonchev–Trinajstić information content (AvgIpc) is 3.30. The van der Waals surface area contributed by atoms with Gasteiger partial charge < -0.3 is 9.31 Å². The summed E-state index contributed by atoms with van der Waals surface area (Å²) in [7, 11) is -0.00874. The van der Waals surface area contributed by atoms with Gasteiger partial charge in [0.05, 0.1) is 6.61 Å². The normalized spacial score (nSPS) is 46.9. The van der Waals surface area contributed by atoms with Gasteiger partial charge in [0.2, 0.25) is 0 Å². The third-order valence-corrected chi connectivity index (χ3v) is 10.1. The zero-order valence-corrected chi connectivity index (χ0v) is 18.8. The topological polar surface area (TPSA) is 35.5 Å². The molecule has 1 aliphatic heterocycles. The highest BCUT2D eigenvalue weighted by atomic mass is 16.6. The van der Waals surface area contributed by atoms with Crippen LogP contribution in [0, 0.1) is 34.5 Å². The number of hydrogen-bond donors (Lipinski definition) is 0. The van der Waals surface area contributed by atoms with E-state index in [1.807, 2.05) is 0 Å². The van der Waals surface area contributed by atoms with E-state index in [-0.39, 0.29) is 7.12 Å². The predicted octanol–water partition coefficient (Wildman–Crippen LogP) is 6.19. The molecular formula is C25H39BO3. The molecule has 5 rings (SSSR count). The molecule has 0 aromatic carbocycles. The van der Waals surface area contributed by atoms with Crippen LogP contribution in [0.5, 0.6) is 0 Å². The van der Waals surface area contributed by atoms with Crippen LogP contribution in [-0.4, -0.2) is 19.5 Å². The zero-order chi connectivity index (χ0) is 20.2. The minimum absolute atomic E-state index is 0.00874. The number of hydrogen-bond acceptors (Lipinski definition) is 3. The maximum absolute atomic E-state index is 12.1. The first-order valence-corrected chi connectivity index (χ1v) is 12.5. The minimum Gasteiger partial charge on any atom is -0.537 e. The van der Waals surface area contributed by atoms with E-state index in [4.69, 9.17) is 9.31 Å². The van der Waals surface area contributed by atoms with Gasteiger partial charge in [0.25, 0.3) is 0 Å². The van der Waals surface area contributed by atoms with Gasteiger partial charge in [0, 0.05) is 12.8 Å². The third-order valence-electron chi connectivity index (χ3n) is 10.1. The van der Waals surface area contributed by atoms with Crippen LogP contribution in [0.15, 0.2) is 11.3 Å². The van der Waals surface area contributed by atoms with Crippen molar-refractivity contribution in [2.75, 3.05) is 6.61 Å². The van der Waals surface area contributed by atoms with Crippen LogP contribution in [0.1, 0.15) is 91.4 Å². The molecule has 3 nitrogen and oxygen atoms in total. The molecule has 1 unspecified atom stereocenters. The Labute approximate surface area is 177 Å². The van der Waals surface area contributed by atoms with Gasteiger partial charge in [-0.2, -0.15) is 0 Å². The van der Waals surface area contributed by atoms with Gasteiger partial charge in [-0.05, 0) is 91.3 Å². The number of carbonyl (C=O) groups is 1. The van der Waals surface area contributed by atoms with E-state index in [0.717, 1.165) is 43.3 Å². The molecule has 4 heteroatoms. The molecule has 0 aromatic rings. The Kier molecular flexibility index (Phi) is 5.16. The molecule has 6 atom stereocenters. The maximum atomic E-state index is 12.1. The summed E-state index contributed by atoms with van der Waals surface area (Å²) in [5.74, 6) is 4.85. The fourth-order valence-electron chi connectivity index (χ4n) is 8.38. The quantitative estimate of drug-likeness (QED) is 0.532. The van der Waals surface area contributed by atoms with Gasteiger partial charge in [0.15, 0.2) is 0 Å². The number of unbranched alkanes of at least 4 members (excludes halogenated alkanes) is 1. The summed E-state index contributed by atoms with van der Waals surface area (Å²) in [5.41, 5.74) is 2.32. The molecular weight excluding hydrogens is 359 g/mol. The monoisotopic (exact) mass is 398 g/mol. The van der Waals surface area contributed by atoms with Gasteiger partial charge in [-0.1, -0.05) is 33.6 Å². The summed E-state index contributed by atoms with van der Waals surface area (Å²) < 4.78 is 12.3. The Morgan fingerprint density at radius 2 is 1.93 bits per heavy atom. The van der Waals surface area contributed by atoms with Gasteiger partial charge in [0.1, 0.15) is 11.5 Å². The fourth-order valence-corrected chi connectivity index (χ4v) is 8.38. The number of rotatable bonds is 3. The third kappa shape index (κ3) is 3.15. The van der Waals surface area contributed by atoms with E-state index in [9.17, 15) is 4.79 Å². The summed E-state index contributed by atoms with van der Waals surface area (Å²) in [6.45, 7) is 8.02. The SMILES string of the molecule is CCCCB1OC/C(=C2/CC[C@H]3[C@@H]4CCC5CC(=O)CC[C@]5(C)[C@H]4CC[C@]23C)O1. The fraction of sp³-hybridized carbons (Fsp3) is 0.880. The van der Waals surface area contributed by atoms with Crippen molar-refractivity contribution in [3.05, 3.63) is 11.3 Å². The van der Waals surface area contributed by atoms with Crippen molar-refractivity contribution in [3.8, 4) is 0 Å². The van der Waals surface area contributed by atoms with E-state index in [0.29, 0.717) is 29.1 Å². The van der Waals surface area contributed by atoms with Crippen molar-refractivity contribution < 1.29 is 14.1 Å². The molecule has 4 aliphatic carbocycles. The highest BCUT2D eigenvalue weighted by Crippen LogP contribution is 2.67. The standard InChI is InChI=1S/C25H39BO3/c1-4-5-14-26-28-16-23(29-26)22-9-8-20-19-7-6-17-15-18(27)10-12-24(17,2)21(19)11-13-25(20,22)3/h17,19-21H,4-16H2,1-3H3/b23-22+/t17?,19-,20-,21-,24-,25-/m0/s1. The van der Waals surface area contributed by atoms with Gasteiger partial charge in [-0.3, -0.25) is 4.79 Å².